The molecule has 4 rings (SSSR count). The molecule has 1 atom stereocenters. The van der Waals surface area contributed by atoms with Gasteiger partial charge in [0.2, 0.25) is 0 Å². The summed E-state index contributed by atoms with van der Waals surface area (Å²) in [5.74, 6) is -2.21. The van der Waals surface area contributed by atoms with Gasteiger partial charge in [0.05, 0.1) is 37.7 Å². The molecule has 2 saturated heterocycles. The topological polar surface area (TPSA) is 92.5 Å². The van der Waals surface area contributed by atoms with Crippen molar-refractivity contribution in [3.63, 3.8) is 0 Å². The van der Waals surface area contributed by atoms with Crippen LogP contribution < -0.4 is 4.74 Å². The molecular formula is C22H23FN2O6. The largest absolute Gasteiger partial charge is 0.507 e. The van der Waals surface area contributed by atoms with Crippen molar-refractivity contribution in [2.45, 2.75) is 6.04 Å². The molecule has 0 aliphatic carbocycles. The Balaban J connectivity index is 1.74. The summed E-state index contributed by atoms with van der Waals surface area (Å²) in [4.78, 5) is 29.4. The minimum atomic E-state index is -0.927. The molecule has 9 heteroatoms. The van der Waals surface area contributed by atoms with Crippen LogP contribution in [0.1, 0.15) is 17.4 Å². The van der Waals surface area contributed by atoms with Gasteiger partial charge < -0.3 is 23.9 Å². The van der Waals surface area contributed by atoms with Gasteiger partial charge in [0.25, 0.3) is 11.7 Å². The Kier molecular flexibility index (Phi) is 6.06. The van der Waals surface area contributed by atoms with Gasteiger partial charge in [-0.2, -0.15) is 0 Å². The number of carbonyl (C=O) groups is 2. The van der Waals surface area contributed by atoms with Crippen LogP contribution in [0.3, 0.4) is 0 Å². The lowest BCUT2D eigenvalue weighted by Crippen LogP contribution is -2.42. The number of amides is 1. The van der Waals surface area contributed by atoms with Crippen LogP contribution in [0.25, 0.3) is 5.76 Å². The number of nitrogens with zero attached hydrogens (tertiary/aromatic N) is 2. The molecule has 2 aliphatic heterocycles. The maximum Gasteiger partial charge on any atom is 0.295 e. The van der Waals surface area contributed by atoms with Crippen LogP contribution >= 0.6 is 0 Å². The van der Waals surface area contributed by atoms with Gasteiger partial charge in [-0.05, 0) is 30.3 Å². The number of aliphatic hydroxyl groups excluding tert-OH is 1. The van der Waals surface area contributed by atoms with Crippen molar-refractivity contribution in [2.75, 3.05) is 46.5 Å². The molecule has 0 radical (unpaired) electrons. The predicted molar refractivity (Wildman–Crippen MR) is 108 cm³/mol. The molecule has 31 heavy (non-hydrogen) atoms. The minimum absolute atomic E-state index is 0.00904. The fourth-order valence-corrected chi connectivity index (χ4v) is 3.94. The second kappa shape index (κ2) is 8.91. The standard InChI is InChI=1S/C22H23FN2O6/c1-29-16-5-4-14(23)13-15(16)20(26)18-19(17-3-2-10-31-17)25(22(28)21(18)27)7-6-24-8-11-30-12-9-24/h2-5,10,13,19,26H,6-9,11-12H2,1H3/t19-/m0/s1. The lowest BCUT2D eigenvalue weighted by atomic mass is 9.98. The Labute approximate surface area is 178 Å². The van der Waals surface area contributed by atoms with E-state index in [4.69, 9.17) is 13.9 Å². The zero-order chi connectivity index (χ0) is 22.0. The summed E-state index contributed by atoms with van der Waals surface area (Å²) in [6.07, 6.45) is 1.43. The maximum absolute atomic E-state index is 13.9. The number of ketones is 1. The summed E-state index contributed by atoms with van der Waals surface area (Å²) in [5.41, 5.74) is -0.170. The summed E-state index contributed by atoms with van der Waals surface area (Å²) < 4.78 is 29.9. The Morgan fingerprint density at radius 3 is 2.68 bits per heavy atom. The SMILES string of the molecule is COc1ccc(F)cc1C(O)=C1C(=O)C(=O)N(CCN2CCOCC2)[C@H]1c1ccco1. The van der Waals surface area contributed by atoms with Gasteiger partial charge in [-0.1, -0.05) is 0 Å². The van der Waals surface area contributed by atoms with E-state index in [9.17, 15) is 19.1 Å². The highest BCUT2D eigenvalue weighted by molar-refractivity contribution is 6.46. The third-order valence-corrected chi connectivity index (χ3v) is 5.53. The smallest absolute Gasteiger partial charge is 0.295 e. The maximum atomic E-state index is 13.9. The van der Waals surface area contributed by atoms with E-state index in [-0.39, 0.29) is 23.4 Å². The van der Waals surface area contributed by atoms with E-state index in [0.29, 0.717) is 25.5 Å². The van der Waals surface area contributed by atoms with E-state index in [1.54, 1.807) is 12.1 Å². The Bertz CT molecular complexity index is 997. The fraction of sp³-hybridized carbons (Fsp3) is 0.364. The molecule has 8 nitrogen and oxygen atoms in total. The van der Waals surface area contributed by atoms with E-state index >= 15 is 0 Å². The Morgan fingerprint density at radius 1 is 1.23 bits per heavy atom. The lowest BCUT2D eigenvalue weighted by Gasteiger charge is -2.30. The van der Waals surface area contributed by atoms with Gasteiger partial charge in [0.1, 0.15) is 29.1 Å². The first-order chi connectivity index (χ1) is 15.0. The number of aliphatic hydroxyl groups is 1. The number of carbonyl (C=O) groups excluding carboxylic acids is 2. The molecule has 1 N–H and O–H groups in total. The molecule has 1 aromatic carbocycles. The first-order valence-corrected chi connectivity index (χ1v) is 9.97. The number of halogens is 1. The first-order valence-electron chi connectivity index (χ1n) is 9.97. The van der Waals surface area contributed by atoms with Crippen LogP contribution in [-0.4, -0.2) is 73.1 Å². The van der Waals surface area contributed by atoms with E-state index < -0.39 is 29.3 Å². The van der Waals surface area contributed by atoms with Crippen LogP contribution in [0.4, 0.5) is 4.39 Å². The predicted octanol–water partition coefficient (Wildman–Crippen LogP) is 2.18. The van der Waals surface area contributed by atoms with Gasteiger partial charge >= 0.3 is 0 Å². The second-order valence-corrected chi connectivity index (χ2v) is 7.31. The molecule has 1 amide bonds. The van der Waals surface area contributed by atoms with Crippen molar-refractivity contribution >= 4 is 17.4 Å². The quantitative estimate of drug-likeness (QED) is 0.427. The average molecular weight is 430 g/mol. The molecule has 0 bridgehead atoms. The normalized spacial score (nSPS) is 21.6. The van der Waals surface area contributed by atoms with E-state index in [1.165, 1.54) is 30.4 Å². The number of furan rings is 1. The number of likely N-dealkylation sites (tertiary alicyclic amines) is 1. The summed E-state index contributed by atoms with van der Waals surface area (Å²) in [5, 5.41) is 11.0. The molecule has 0 spiro atoms. The number of benzene rings is 1. The lowest BCUT2D eigenvalue weighted by molar-refractivity contribution is -0.140. The van der Waals surface area contributed by atoms with Crippen LogP contribution in [0.15, 0.2) is 46.6 Å². The first kappa shape index (κ1) is 21.1. The van der Waals surface area contributed by atoms with Crippen LogP contribution in [-0.2, 0) is 14.3 Å². The molecule has 164 valence electrons. The van der Waals surface area contributed by atoms with Crippen LogP contribution in [0.2, 0.25) is 0 Å². The summed E-state index contributed by atoms with van der Waals surface area (Å²) in [6, 6.07) is 5.94. The molecule has 2 aromatic rings. The third kappa shape index (κ3) is 4.06. The average Bonchev–Trinajstić information content (AvgIpc) is 3.40. The van der Waals surface area contributed by atoms with E-state index in [1.807, 2.05) is 0 Å². The molecule has 2 aliphatic rings. The third-order valence-electron chi connectivity index (χ3n) is 5.53. The molecule has 1 aromatic heterocycles. The number of methoxy groups -OCH3 is 1. The fourth-order valence-electron chi connectivity index (χ4n) is 3.94. The number of morpholine rings is 1. The van der Waals surface area contributed by atoms with Gasteiger partial charge in [0, 0.05) is 26.2 Å². The number of Topliss-reactive ketones (excluding diaryl/α,β-unsaturated/α-hetero) is 1. The van der Waals surface area contributed by atoms with Gasteiger partial charge in [-0.25, -0.2) is 4.39 Å². The van der Waals surface area contributed by atoms with Crippen molar-refractivity contribution in [1.29, 1.82) is 0 Å². The van der Waals surface area contributed by atoms with E-state index in [2.05, 4.69) is 4.90 Å². The van der Waals surface area contributed by atoms with Crippen molar-refractivity contribution in [3.8, 4) is 5.75 Å². The summed E-state index contributed by atoms with van der Waals surface area (Å²) >= 11 is 0. The molecule has 2 fully saturated rings. The highest BCUT2D eigenvalue weighted by Crippen LogP contribution is 2.41. The number of ether oxygens (including phenoxy) is 2. The summed E-state index contributed by atoms with van der Waals surface area (Å²) in [6.45, 7) is 3.48. The van der Waals surface area contributed by atoms with Crippen molar-refractivity contribution in [1.82, 2.24) is 9.80 Å². The number of hydrogen-bond acceptors (Lipinski definition) is 7. The van der Waals surface area contributed by atoms with E-state index in [0.717, 1.165) is 19.2 Å². The zero-order valence-corrected chi connectivity index (χ0v) is 17.0. The second-order valence-electron chi connectivity index (χ2n) is 7.31. The van der Waals surface area contributed by atoms with Crippen LogP contribution in [0.5, 0.6) is 5.75 Å². The van der Waals surface area contributed by atoms with Crippen LogP contribution in [0, 0.1) is 5.82 Å². The summed E-state index contributed by atoms with van der Waals surface area (Å²) in [7, 11) is 1.37. The number of hydrogen-bond donors (Lipinski definition) is 1. The Hall–Kier alpha value is -3.17. The molecular weight excluding hydrogens is 407 g/mol. The highest BCUT2D eigenvalue weighted by atomic mass is 19.1. The van der Waals surface area contributed by atoms with Crippen molar-refractivity contribution in [3.05, 3.63) is 59.3 Å². The monoisotopic (exact) mass is 430 g/mol. The highest BCUT2D eigenvalue weighted by Gasteiger charge is 2.47. The number of rotatable bonds is 6. The van der Waals surface area contributed by atoms with Crippen molar-refractivity contribution < 1.29 is 33.0 Å². The Morgan fingerprint density at radius 2 is 2.00 bits per heavy atom. The van der Waals surface area contributed by atoms with Gasteiger partial charge in [-0.3, -0.25) is 14.5 Å². The van der Waals surface area contributed by atoms with Gasteiger partial charge in [0.15, 0.2) is 0 Å². The molecule has 0 unspecified atom stereocenters. The van der Waals surface area contributed by atoms with Gasteiger partial charge in [-0.15, -0.1) is 0 Å². The zero-order valence-electron chi connectivity index (χ0n) is 17.0. The molecule has 0 saturated carbocycles. The molecule has 3 heterocycles. The minimum Gasteiger partial charge on any atom is -0.507 e. The van der Waals surface area contributed by atoms with Crippen molar-refractivity contribution in [2.24, 2.45) is 0 Å².